The first-order valence-electron chi connectivity index (χ1n) is 5.95. The van der Waals surface area contributed by atoms with Crippen LogP contribution >= 0.6 is 0 Å². The minimum absolute atomic E-state index is 0.253. The first-order valence-corrected chi connectivity index (χ1v) is 5.95. The second-order valence-corrected chi connectivity index (χ2v) is 4.30. The van der Waals surface area contributed by atoms with Gasteiger partial charge in [-0.15, -0.1) is 0 Å². The van der Waals surface area contributed by atoms with E-state index in [1.165, 1.54) is 14.2 Å². The Balaban J connectivity index is 3.07. The zero-order valence-electron chi connectivity index (χ0n) is 11.9. The number of carbonyl (C=O) groups is 3. The van der Waals surface area contributed by atoms with Crippen LogP contribution in [-0.2, 0) is 19.1 Å². The Morgan fingerprint density at radius 3 is 2.30 bits per heavy atom. The molecule has 1 aromatic carbocycles. The Kier molecular flexibility index (Phi) is 5.25. The van der Waals surface area contributed by atoms with Crippen LogP contribution in [0.25, 0.3) is 0 Å². The third-order valence-corrected chi connectivity index (χ3v) is 2.68. The molecule has 0 bridgehead atoms. The number of aryl methyl sites for hydroxylation is 2. The van der Waals surface area contributed by atoms with Crippen molar-refractivity contribution in [3.63, 3.8) is 0 Å². The molecular weight excluding hydrogens is 262 g/mol. The van der Waals surface area contributed by atoms with Crippen LogP contribution in [0.1, 0.15) is 27.9 Å². The monoisotopic (exact) mass is 279 g/mol. The zero-order chi connectivity index (χ0) is 15.3. The fourth-order valence-electron chi connectivity index (χ4n) is 1.79. The van der Waals surface area contributed by atoms with Crippen LogP contribution < -0.4 is 5.32 Å². The van der Waals surface area contributed by atoms with Crippen molar-refractivity contribution < 1.29 is 23.9 Å². The molecule has 0 spiro atoms. The number of methoxy groups -OCH3 is 2. The second-order valence-electron chi connectivity index (χ2n) is 4.30. The van der Waals surface area contributed by atoms with Gasteiger partial charge in [-0.1, -0.05) is 6.07 Å². The molecule has 0 unspecified atom stereocenters. The number of esters is 2. The molecule has 1 aromatic rings. The van der Waals surface area contributed by atoms with Crippen LogP contribution in [0.2, 0.25) is 0 Å². The fourth-order valence-corrected chi connectivity index (χ4v) is 1.79. The van der Waals surface area contributed by atoms with Gasteiger partial charge >= 0.3 is 11.9 Å². The quantitative estimate of drug-likeness (QED) is 0.668. The van der Waals surface area contributed by atoms with Crippen molar-refractivity contribution in [1.82, 2.24) is 0 Å². The van der Waals surface area contributed by atoms with E-state index < -0.39 is 24.3 Å². The highest BCUT2D eigenvalue weighted by atomic mass is 16.5. The number of carbonyl (C=O) groups excluding carboxylic acids is 3. The molecule has 108 valence electrons. The maximum Gasteiger partial charge on any atom is 0.339 e. The number of hydrogen-bond donors (Lipinski definition) is 1. The average Bonchev–Trinajstić information content (AvgIpc) is 2.40. The lowest BCUT2D eigenvalue weighted by atomic mass is 10.0. The summed E-state index contributed by atoms with van der Waals surface area (Å²) < 4.78 is 9.10. The van der Waals surface area contributed by atoms with E-state index in [9.17, 15) is 14.4 Å². The van der Waals surface area contributed by atoms with E-state index in [1.807, 2.05) is 13.0 Å². The van der Waals surface area contributed by atoms with Crippen LogP contribution in [0, 0.1) is 13.8 Å². The van der Waals surface area contributed by atoms with E-state index in [-0.39, 0.29) is 5.56 Å². The van der Waals surface area contributed by atoms with E-state index in [2.05, 4.69) is 14.8 Å². The van der Waals surface area contributed by atoms with Crippen LogP contribution in [0.15, 0.2) is 12.1 Å². The molecule has 0 atom stereocenters. The molecule has 6 nitrogen and oxygen atoms in total. The lowest BCUT2D eigenvalue weighted by Crippen LogP contribution is -2.20. The molecular formula is C14H17NO5. The van der Waals surface area contributed by atoms with Gasteiger partial charge in [0.15, 0.2) is 0 Å². The molecule has 0 heterocycles. The first kappa shape index (κ1) is 15.7. The molecule has 0 aliphatic carbocycles. The summed E-state index contributed by atoms with van der Waals surface area (Å²) >= 11 is 0. The zero-order valence-corrected chi connectivity index (χ0v) is 11.9. The number of anilines is 1. The van der Waals surface area contributed by atoms with Crippen molar-refractivity contribution >= 4 is 23.5 Å². The van der Waals surface area contributed by atoms with Gasteiger partial charge in [0.2, 0.25) is 5.91 Å². The molecule has 6 heteroatoms. The second kappa shape index (κ2) is 6.70. The van der Waals surface area contributed by atoms with Gasteiger partial charge in [-0.25, -0.2) is 4.79 Å². The van der Waals surface area contributed by atoms with Gasteiger partial charge in [0, 0.05) is 0 Å². The van der Waals surface area contributed by atoms with Crippen LogP contribution in [0.3, 0.4) is 0 Å². The van der Waals surface area contributed by atoms with Crippen LogP contribution in [-0.4, -0.2) is 32.1 Å². The lowest BCUT2D eigenvalue weighted by molar-refractivity contribution is -0.142. The van der Waals surface area contributed by atoms with Crippen molar-refractivity contribution in [2.24, 2.45) is 0 Å². The standard InChI is InChI=1S/C14H17NO5/c1-8-5-9(2)13(10(6-8)14(18)20-4)15-11(16)7-12(17)19-3/h5-6H,7H2,1-4H3,(H,15,16). The summed E-state index contributed by atoms with van der Waals surface area (Å²) in [6, 6.07) is 3.44. The summed E-state index contributed by atoms with van der Waals surface area (Å²) in [4.78, 5) is 34.5. The normalized spacial score (nSPS) is 9.80. The van der Waals surface area contributed by atoms with Gasteiger partial charge in [0.1, 0.15) is 6.42 Å². The Morgan fingerprint density at radius 2 is 1.75 bits per heavy atom. The fraction of sp³-hybridized carbons (Fsp3) is 0.357. The summed E-state index contributed by atoms with van der Waals surface area (Å²) in [6.07, 6.45) is -0.412. The number of ether oxygens (including phenoxy) is 2. The van der Waals surface area contributed by atoms with Gasteiger partial charge < -0.3 is 14.8 Å². The molecule has 0 saturated carbocycles. The van der Waals surface area contributed by atoms with Gasteiger partial charge in [0.05, 0.1) is 25.5 Å². The SMILES string of the molecule is COC(=O)CC(=O)Nc1c(C)cc(C)cc1C(=O)OC. The van der Waals surface area contributed by atoms with Gasteiger partial charge in [-0.3, -0.25) is 9.59 Å². The Morgan fingerprint density at radius 1 is 1.10 bits per heavy atom. The summed E-state index contributed by atoms with van der Waals surface area (Å²) in [5, 5.41) is 2.55. The molecule has 0 radical (unpaired) electrons. The molecule has 1 amide bonds. The van der Waals surface area contributed by atoms with Gasteiger partial charge in [-0.05, 0) is 31.0 Å². The maximum atomic E-state index is 11.7. The maximum absolute atomic E-state index is 11.7. The molecule has 0 aliphatic heterocycles. The van der Waals surface area contributed by atoms with Crippen LogP contribution in [0.4, 0.5) is 5.69 Å². The average molecular weight is 279 g/mol. The van der Waals surface area contributed by atoms with Crippen LogP contribution in [0.5, 0.6) is 0 Å². The molecule has 0 fully saturated rings. The molecule has 1 N–H and O–H groups in total. The lowest BCUT2D eigenvalue weighted by Gasteiger charge is -2.13. The number of nitrogens with one attached hydrogen (secondary N) is 1. The van der Waals surface area contributed by atoms with Crippen molar-refractivity contribution in [3.05, 3.63) is 28.8 Å². The Labute approximate surface area is 117 Å². The third kappa shape index (κ3) is 3.81. The number of hydrogen-bond acceptors (Lipinski definition) is 5. The summed E-state index contributed by atoms with van der Waals surface area (Å²) in [5.41, 5.74) is 2.18. The summed E-state index contributed by atoms with van der Waals surface area (Å²) in [6.45, 7) is 3.59. The van der Waals surface area contributed by atoms with Crippen molar-refractivity contribution in [1.29, 1.82) is 0 Å². The van der Waals surface area contributed by atoms with Gasteiger partial charge in [-0.2, -0.15) is 0 Å². The predicted molar refractivity (Wildman–Crippen MR) is 72.5 cm³/mol. The first-order chi connectivity index (χ1) is 9.38. The molecule has 20 heavy (non-hydrogen) atoms. The predicted octanol–water partition coefficient (Wildman–Crippen LogP) is 1.59. The molecule has 0 aliphatic rings. The highest BCUT2D eigenvalue weighted by Crippen LogP contribution is 2.23. The van der Waals surface area contributed by atoms with Crippen molar-refractivity contribution in [2.45, 2.75) is 20.3 Å². The molecule has 0 aromatic heterocycles. The van der Waals surface area contributed by atoms with E-state index in [0.29, 0.717) is 11.3 Å². The minimum atomic E-state index is -0.646. The molecule has 0 saturated heterocycles. The third-order valence-electron chi connectivity index (χ3n) is 2.68. The highest BCUT2D eigenvalue weighted by Gasteiger charge is 2.18. The smallest absolute Gasteiger partial charge is 0.339 e. The number of rotatable bonds is 4. The van der Waals surface area contributed by atoms with E-state index >= 15 is 0 Å². The Bertz CT molecular complexity index is 551. The summed E-state index contributed by atoms with van der Waals surface area (Å²) in [7, 11) is 2.46. The van der Waals surface area contributed by atoms with Gasteiger partial charge in [0.25, 0.3) is 0 Å². The van der Waals surface area contributed by atoms with E-state index in [4.69, 9.17) is 0 Å². The van der Waals surface area contributed by atoms with Crippen molar-refractivity contribution in [3.8, 4) is 0 Å². The minimum Gasteiger partial charge on any atom is -0.469 e. The topological polar surface area (TPSA) is 81.7 Å². The largest absolute Gasteiger partial charge is 0.469 e. The van der Waals surface area contributed by atoms with E-state index in [1.54, 1.807) is 13.0 Å². The summed E-state index contributed by atoms with van der Waals surface area (Å²) in [5.74, 6) is -1.74. The number of amides is 1. The van der Waals surface area contributed by atoms with Crippen molar-refractivity contribution in [2.75, 3.05) is 19.5 Å². The highest BCUT2D eigenvalue weighted by molar-refractivity contribution is 6.06. The molecule has 1 rings (SSSR count). The number of benzene rings is 1. The van der Waals surface area contributed by atoms with E-state index in [0.717, 1.165) is 5.56 Å². The Hall–Kier alpha value is -2.37.